The molecule has 6 amide bonds. The van der Waals surface area contributed by atoms with Gasteiger partial charge in [0.05, 0.1) is 43.4 Å². The SMILES string of the molecule is COc1cc(C)c(S(=O)(=O)NCc2ccc(CN3C(=O)[C@H]4CC(=O)N[C@@H](CCCN=C(N)NS(=O)(=O)c5c(C)cc(OC)c(C)c5C)C(=O)NCC(=O)N[C@@H](CC(=O)OC(C)(C)C)C(=O)NC[C@H]3C(=O)N4)cc2)c(C)c1C. The van der Waals surface area contributed by atoms with Crippen molar-refractivity contribution in [3.63, 3.8) is 0 Å². The third-order valence-corrected chi connectivity index (χ3v) is 16.2. The minimum Gasteiger partial charge on any atom is -0.496 e. The molecule has 0 aromatic heterocycles. The summed E-state index contributed by atoms with van der Waals surface area (Å²) in [5, 5.41) is 12.5. The van der Waals surface area contributed by atoms with Gasteiger partial charge in [0.15, 0.2) is 0 Å². The Hall–Kier alpha value is -7.32. The maximum absolute atomic E-state index is 14.4. The molecule has 9 N–H and O–H groups in total. The van der Waals surface area contributed by atoms with Gasteiger partial charge in [-0.1, -0.05) is 24.3 Å². The average molecular weight is 1110 g/mol. The first-order chi connectivity index (χ1) is 36.0. The van der Waals surface area contributed by atoms with Crippen molar-refractivity contribution in [3.05, 3.63) is 80.9 Å². The lowest BCUT2D eigenvalue weighted by Crippen LogP contribution is -2.66. The molecule has 3 aromatic carbocycles. The molecule has 0 aliphatic carbocycles. The highest BCUT2D eigenvalue weighted by atomic mass is 32.2. The lowest BCUT2D eigenvalue weighted by atomic mass is 10.0. The van der Waals surface area contributed by atoms with E-state index >= 15 is 0 Å². The Labute approximate surface area is 448 Å². The van der Waals surface area contributed by atoms with Gasteiger partial charge in [-0.2, -0.15) is 0 Å². The number of aliphatic imine (C=N–C) groups is 1. The fraction of sp³-hybridized carbons (Fsp3) is 0.490. The summed E-state index contributed by atoms with van der Waals surface area (Å²) < 4.78 is 75.0. The number of nitrogens with zero attached hydrogens (tertiary/aromatic N) is 2. The Bertz CT molecular complexity index is 3050. The number of rotatable bonds is 16. The molecule has 24 nitrogen and oxygen atoms in total. The first-order valence-electron chi connectivity index (χ1n) is 24.6. The van der Waals surface area contributed by atoms with E-state index in [2.05, 4.69) is 41.0 Å². The molecule has 420 valence electrons. The number of carbonyl (C=O) groups is 7. The molecule has 3 aliphatic heterocycles. The van der Waals surface area contributed by atoms with E-state index in [-0.39, 0.29) is 42.3 Å². The van der Waals surface area contributed by atoms with Crippen LogP contribution in [0, 0.1) is 41.5 Å². The molecular weight excluding hydrogens is 1040 g/mol. The summed E-state index contributed by atoms with van der Waals surface area (Å²) >= 11 is 0. The first kappa shape index (κ1) is 60.5. The van der Waals surface area contributed by atoms with Gasteiger partial charge in [0.2, 0.25) is 51.4 Å². The quantitative estimate of drug-likeness (QED) is 0.0321. The molecule has 26 heteroatoms. The van der Waals surface area contributed by atoms with Gasteiger partial charge in [0.1, 0.15) is 41.3 Å². The lowest BCUT2D eigenvalue weighted by molar-refractivity contribution is -0.156. The fourth-order valence-electron chi connectivity index (χ4n) is 8.90. The van der Waals surface area contributed by atoms with Crippen LogP contribution in [0.4, 0.5) is 0 Å². The number of methoxy groups -OCH3 is 2. The van der Waals surface area contributed by atoms with Crippen LogP contribution in [0.15, 0.2) is 51.2 Å². The number of fused-ring (bicyclic) bond motifs is 14. The molecule has 3 heterocycles. The molecule has 0 spiro atoms. The van der Waals surface area contributed by atoms with Crippen molar-refractivity contribution in [1.29, 1.82) is 0 Å². The third-order valence-electron chi connectivity index (χ3n) is 12.9. The summed E-state index contributed by atoms with van der Waals surface area (Å²) in [6.45, 7) is 13.2. The van der Waals surface area contributed by atoms with Crippen molar-refractivity contribution in [2.75, 3.05) is 33.9 Å². The Morgan fingerprint density at radius 1 is 0.740 bits per heavy atom. The van der Waals surface area contributed by atoms with Crippen molar-refractivity contribution in [2.24, 2.45) is 10.7 Å². The van der Waals surface area contributed by atoms with Crippen LogP contribution in [0.3, 0.4) is 0 Å². The van der Waals surface area contributed by atoms with Gasteiger partial charge >= 0.3 is 5.97 Å². The minimum absolute atomic E-state index is 0.0110. The molecular formula is C51H70N10O14S2. The van der Waals surface area contributed by atoms with Crippen LogP contribution >= 0.6 is 0 Å². The number of guanidine groups is 1. The van der Waals surface area contributed by atoms with Gasteiger partial charge in [-0.3, -0.25) is 38.6 Å². The van der Waals surface area contributed by atoms with Gasteiger partial charge in [-0.05, 0) is 132 Å². The highest BCUT2D eigenvalue weighted by Crippen LogP contribution is 2.32. The topological polar surface area (TPSA) is 341 Å². The summed E-state index contributed by atoms with van der Waals surface area (Å²) in [7, 11) is -5.23. The molecule has 3 aromatic rings. The van der Waals surface area contributed by atoms with E-state index in [1.165, 1.54) is 14.2 Å². The molecule has 3 aliphatic rings. The van der Waals surface area contributed by atoms with E-state index in [1.54, 1.807) is 98.7 Å². The number of ether oxygens (including phenoxy) is 3. The summed E-state index contributed by atoms with van der Waals surface area (Å²) in [5.41, 5.74) is 9.23. The number of sulfonamides is 2. The van der Waals surface area contributed by atoms with Gasteiger partial charge < -0.3 is 51.4 Å². The number of aryl methyl sites for hydroxylation is 2. The second kappa shape index (κ2) is 25.2. The van der Waals surface area contributed by atoms with Crippen molar-refractivity contribution >= 4 is 67.4 Å². The van der Waals surface area contributed by atoms with Crippen molar-refractivity contribution in [1.82, 2.24) is 40.9 Å². The van der Waals surface area contributed by atoms with Gasteiger partial charge in [-0.25, -0.2) is 26.3 Å². The van der Waals surface area contributed by atoms with E-state index in [9.17, 15) is 50.4 Å². The van der Waals surface area contributed by atoms with E-state index in [4.69, 9.17) is 19.9 Å². The highest BCUT2D eigenvalue weighted by molar-refractivity contribution is 7.90. The van der Waals surface area contributed by atoms with Crippen molar-refractivity contribution in [2.45, 2.75) is 141 Å². The molecule has 0 saturated carbocycles. The smallest absolute Gasteiger partial charge is 0.308 e. The summed E-state index contributed by atoms with van der Waals surface area (Å²) in [6, 6.07) is 3.93. The molecule has 77 heavy (non-hydrogen) atoms. The number of nitrogens with one attached hydrogen (secondary N) is 7. The Morgan fingerprint density at radius 2 is 1.29 bits per heavy atom. The van der Waals surface area contributed by atoms with E-state index in [0.29, 0.717) is 56.0 Å². The summed E-state index contributed by atoms with van der Waals surface area (Å²) in [4.78, 5) is 101. The standard InChI is InChI=1S/C51H70N10O14S2/c1-27-19-39(73-10)29(3)31(5)44(27)76(69,70)56-23-33-14-16-34(17-15-33)26-61-38-24-54-47(66)36(22-43(64)75-51(7,8)9)58-42(63)25-55-46(65)35(57-41(62)21-37(49(61)68)59-48(38)67)13-12-18-53-50(52)60-77(71,72)45-28(2)20-40(74-11)30(4)32(45)6/h14-17,19-20,35-38,56H,12-13,18,21-26H2,1-11H3,(H,54,66)(H,55,65)(H,57,62)(H,58,63)(H,59,67)(H3,52,53,60)/t35-,36-,37+,38-/m0/s1. The molecule has 4 atom stereocenters. The highest BCUT2D eigenvalue weighted by Gasteiger charge is 2.42. The van der Waals surface area contributed by atoms with Crippen LogP contribution < -0.4 is 51.2 Å². The van der Waals surface area contributed by atoms with Crippen LogP contribution in [-0.2, 0) is 71.4 Å². The second-order valence-electron chi connectivity index (χ2n) is 19.8. The zero-order valence-corrected chi connectivity index (χ0v) is 46.8. The van der Waals surface area contributed by atoms with Gasteiger partial charge in [0.25, 0.3) is 10.0 Å². The number of nitrogens with two attached hydrogens (primary N) is 1. The molecule has 3 saturated heterocycles. The molecule has 3 fully saturated rings. The van der Waals surface area contributed by atoms with E-state index < -0.39 is 123 Å². The monoisotopic (exact) mass is 1110 g/mol. The zero-order chi connectivity index (χ0) is 57.3. The number of hydrogen-bond acceptors (Lipinski definition) is 15. The van der Waals surface area contributed by atoms with E-state index in [1.807, 2.05) is 0 Å². The Kier molecular flexibility index (Phi) is 19.8. The lowest BCUT2D eigenvalue weighted by Gasteiger charge is -2.39. The molecule has 0 radical (unpaired) electrons. The summed E-state index contributed by atoms with van der Waals surface area (Å²) in [5.74, 6) is -5.31. The third kappa shape index (κ3) is 15.7. The number of benzene rings is 3. The van der Waals surface area contributed by atoms with Crippen molar-refractivity contribution < 1.29 is 64.6 Å². The maximum atomic E-state index is 14.4. The van der Waals surface area contributed by atoms with Crippen LogP contribution in [0.1, 0.15) is 91.0 Å². The molecule has 6 rings (SSSR count). The van der Waals surface area contributed by atoms with Crippen LogP contribution in [-0.4, -0.2) is 133 Å². The Morgan fingerprint density at radius 3 is 1.86 bits per heavy atom. The largest absolute Gasteiger partial charge is 0.496 e. The second-order valence-corrected chi connectivity index (χ2v) is 23.2. The number of esters is 1. The molecule has 2 bridgehead atoms. The van der Waals surface area contributed by atoms with Crippen LogP contribution in [0.25, 0.3) is 0 Å². The van der Waals surface area contributed by atoms with Crippen LogP contribution in [0.5, 0.6) is 11.5 Å². The minimum atomic E-state index is -4.22. The molecule has 0 unspecified atom stereocenters. The average Bonchev–Trinajstić information content (AvgIpc) is 3.33. The number of piperazine rings is 1. The zero-order valence-electron chi connectivity index (χ0n) is 45.1. The normalized spacial score (nSPS) is 19.3. The van der Waals surface area contributed by atoms with E-state index in [0.717, 1.165) is 4.90 Å². The maximum Gasteiger partial charge on any atom is 0.308 e. The first-order valence-corrected chi connectivity index (χ1v) is 27.6. The predicted octanol–water partition coefficient (Wildman–Crippen LogP) is 0.639. The van der Waals surface area contributed by atoms with Gasteiger partial charge in [-0.15, -0.1) is 0 Å². The van der Waals surface area contributed by atoms with Crippen molar-refractivity contribution in [3.8, 4) is 11.5 Å². The number of carbonyl (C=O) groups excluding carboxylic acids is 7. The number of amides is 6. The summed E-state index contributed by atoms with van der Waals surface area (Å²) in [6.07, 6.45) is -1.45. The Balaban J connectivity index is 1.38. The fourth-order valence-corrected chi connectivity index (χ4v) is 11.9. The predicted molar refractivity (Wildman–Crippen MR) is 282 cm³/mol. The number of hydrogen-bond donors (Lipinski definition) is 8. The van der Waals surface area contributed by atoms with Crippen LogP contribution in [0.2, 0.25) is 0 Å². The van der Waals surface area contributed by atoms with Gasteiger partial charge in [0, 0.05) is 26.2 Å².